The summed E-state index contributed by atoms with van der Waals surface area (Å²) in [6, 6.07) is 5.75. The van der Waals surface area contributed by atoms with Crippen LogP contribution in [0.25, 0.3) is 0 Å². The SMILES string of the molecule is CC(C)(C)OC(=O)NCCNOC(=O)c1cccc(C(=O)ONCCNC(=O)OC(C)(C)C)c1. The summed E-state index contributed by atoms with van der Waals surface area (Å²) in [6.07, 6.45) is -1.16. The molecule has 0 bridgehead atoms. The van der Waals surface area contributed by atoms with Crippen LogP contribution in [0.15, 0.2) is 24.3 Å². The predicted octanol–water partition coefficient (Wildman–Crippen LogP) is 2.06. The first kappa shape index (κ1) is 28.7. The molecular weight excluding hydrogens is 448 g/mol. The number of alkyl carbamates (subject to hydrolysis) is 2. The zero-order valence-corrected chi connectivity index (χ0v) is 20.4. The van der Waals surface area contributed by atoms with Gasteiger partial charge in [-0.05, 0) is 59.7 Å². The molecule has 12 nitrogen and oxygen atoms in total. The molecule has 190 valence electrons. The van der Waals surface area contributed by atoms with E-state index >= 15 is 0 Å². The van der Waals surface area contributed by atoms with Crippen LogP contribution in [-0.2, 0) is 19.1 Å². The highest BCUT2D eigenvalue weighted by Gasteiger charge is 2.17. The molecule has 0 aliphatic heterocycles. The van der Waals surface area contributed by atoms with E-state index in [2.05, 4.69) is 21.6 Å². The molecule has 0 saturated heterocycles. The van der Waals surface area contributed by atoms with E-state index in [-0.39, 0.29) is 37.3 Å². The Labute approximate surface area is 198 Å². The molecule has 2 amide bonds. The van der Waals surface area contributed by atoms with Crippen molar-refractivity contribution in [2.75, 3.05) is 26.2 Å². The maximum absolute atomic E-state index is 12.1. The Balaban J connectivity index is 2.33. The molecule has 0 atom stereocenters. The van der Waals surface area contributed by atoms with Gasteiger partial charge >= 0.3 is 24.1 Å². The van der Waals surface area contributed by atoms with Crippen molar-refractivity contribution in [1.29, 1.82) is 0 Å². The van der Waals surface area contributed by atoms with Crippen molar-refractivity contribution in [2.45, 2.75) is 52.7 Å². The molecule has 0 fully saturated rings. The highest BCUT2D eigenvalue weighted by Crippen LogP contribution is 2.08. The second-order valence-corrected chi connectivity index (χ2v) is 9.01. The first-order valence-electron chi connectivity index (χ1n) is 10.7. The zero-order valence-electron chi connectivity index (χ0n) is 20.4. The van der Waals surface area contributed by atoms with E-state index < -0.39 is 35.3 Å². The number of benzene rings is 1. The van der Waals surface area contributed by atoms with Gasteiger partial charge in [0, 0.05) is 26.2 Å². The van der Waals surface area contributed by atoms with E-state index in [1.807, 2.05) is 0 Å². The molecule has 0 aliphatic rings. The van der Waals surface area contributed by atoms with Gasteiger partial charge in [-0.25, -0.2) is 19.2 Å². The summed E-state index contributed by atoms with van der Waals surface area (Å²) in [5.74, 6) is -1.44. The number of rotatable bonds is 10. The van der Waals surface area contributed by atoms with Gasteiger partial charge in [-0.15, -0.1) is 0 Å². The van der Waals surface area contributed by atoms with Gasteiger partial charge in [-0.3, -0.25) is 0 Å². The summed E-state index contributed by atoms with van der Waals surface area (Å²) in [6.45, 7) is 11.1. The number of hydroxylamine groups is 2. The van der Waals surface area contributed by atoms with Crippen molar-refractivity contribution >= 4 is 24.1 Å². The molecule has 0 radical (unpaired) electrons. The Hall–Kier alpha value is -3.38. The summed E-state index contributed by atoms with van der Waals surface area (Å²) in [5.41, 5.74) is 3.88. The van der Waals surface area contributed by atoms with E-state index in [4.69, 9.17) is 19.1 Å². The molecular formula is C22H34N4O8. The Morgan fingerprint density at radius 3 is 1.41 bits per heavy atom. The Bertz CT molecular complexity index is 781. The number of hydrogen-bond acceptors (Lipinski definition) is 10. The number of amides is 2. The molecule has 34 heavy (non-hydrogen) atoms. The van der Waals surface area contributed by atoms with E-state index in [1.165, 1.54) is 24.3 Å². The average Bonchev–Trinajstić information content (AvgIpc) is 2.70. The fraction of sp³-hybridized carbons (Fsp3) is 0.545. The van der Waals surface area contributed by atoms with Crippen LogP contribution < -0.4 is 21.6 Å². The highest BCUT2D eigenvalue weighted by atomic mass is 16.7. The zero-order chi connectivity index (χ0) is 25.8. The van der Waals surface area contributed by atoms with E-state index in [0.717, 1.165) is 0 Å². The van der Waals surface area contributed by atoms with Crippen LogP contribution in [0.4, 0.5) is 9.59 Å². The lowest BCUT2D eigenvalue weighted by Crippen LogP contribution is -2.37. The molecule has 1 rings (SSSR count). The van der Waals surface area contributed by atoms with Crippen LogP contribution in [0.1, 0.15) is 62.3 Å². The number of ether oxygens (including phenoxy) is 2. The number of nitrogens with one attached hydrogen (secondary N) is 4. The lowest BCUT2D eigenvalue weighted by atomic mass is 10.1. The van der Waals surface area contributed by atoms with Gasteiger partial charge in [-0.2, -0.15) is 11.0 Å². The molecule has 0 aromatic heterocycles. The van der Waals surface area contributed by atoms with Gasteiger partial charge in [0.2, 0.25) is 0 Å². The van der Waals surface area contributed by atoms with Crippen molar-refractivity contribution in [3.63, 3.8) is 0 Å². The average molecular weight is 483 g/mol. The van der Waals surface area contributed by atoms with Crippen molar-refractivity contribution in [2.24, 2.45) is 0 Å². The molecule has 0 spiro atoms. The molecule has 0 heterocycles. The largest absolute Gasteiger partial charge is 0.444 e. The van der Waals surface area contributed by atoms with Crippen LogP contribution in [0.3, 0.4) is 0 Å². The molecule has 1 aromatic rings. The van der Waals surface area contributed by atoms with Crippen LogP contribution in [-0.4, -0.2) is 61.5 Å². The minimum atomic E-state index is -0.721. The van der Waals surface area contributed by atoms with Gasteiger partial charge < -0.3 is 29.8 Å². The monoisotopic (exact) mass is 482 g/mol. The third kappa shape index (κ3) is 13.2. The van der Waals surface area contributed by atoms with Crippen molar-refractivity contribution < 1.29 is 38.3 Å². The van der Waals surface area contributed by atoms with Crippen molar-refractivity contribution in [1.82, 2.24) is 21.6 Å². The normalized spacial score (nSPS) is 11.2. The number of carbonyl (C=O) groups excluding carboxylic acids is 4. The van der Waals surface area contributed by atoms with Gasteiger partial charge in [0.1, 0.15) is 11.2 Å². The van der Waals surface area contributed by atoms with Gasteiger partial charge in [0.05, 0.1) is 11.1 Å². The summed E-state index contributed by atoms with van der Waals surface area (Å²) < 4.78 is 10.2. The third-order valence-corrected chi connectivity index (χ3v) is 3.45. The lowest BCUT2D eigenvalue weighted by molar-refractivity contribution is 0.0251. The van der Waals surface area contributed by atoms with E-state index in [9.17, 15) is 19.2 Å². The smallest absolute Gasteiger partial charge is 0.407 e. The van der Waals surface area contributed by atoms with Crippen LogP contribution >= 0.6 is 0 Å². The summed E-state index contributed by atoms with van der Waals surface area (Å²) in [7, 11) is 0. The molecule has 4 N–H and O–H groups in total. The maximum Gasteiger partial charge on any atom is 0.407 e. The third-order valence-electron chi connectivity index (χ3n) is 3.45. The van der Waals surface area contributed by atoms with Crippen molar-refractivity contribution in [3.05, 3.63) is 35.4 Å². The summed E-state index contributed by atoms with van der Waals surface area (Å²) in [5, 5.41) is 5.02. The molecule has 1 aromatic carbocycles. The summed E-state index contributed by atoms with van der Waals surface area (Å²) in [4.78, 5) is 57.2. The quantitative estimate of drug-likeness (QED) is 0.221. The number of hydrogen-bond donors (Lipinski definition) is 4. The fourth-order valence-corrected chi connectivity index (χ4v) is 2.18. The Kier molecular flexibility index (Phi) is 11.3. The molecule has 0 saturated carbocycles. The topological polar surface area (TPSA) is 153 Å². The number of carbonyl (C=O) groups is 4. The van der Waals surface area contributed by atoms with Gasteiger partial charge in [-0.1, -0.05) is 6.07 Å². The first-order chi connectivity index (χ1) is 15.8. The standard InChI is InChI=1S/C22H34N4O8/c1-21(2,3)31-19(29)23-10-12-25-33-17(27)15-8-7-9-16(14-15)18(28)34-26-13-11-24-20(30)32-22(4,5)6/h7-9,14,25-26H,10-13H2,1-6H3,(H,23,29)(H,24,30). The Morgan fingerprint density at radius 2 is 1.06 bits per heavy atom. The highest BCUT2D eigenvalue weighted by molar-refractivity contribution is 5.95. The van der Waals surface area contributed by atoms with Crippen molar-refractivity contribution in [3.8, 4) is 0 Å². The molecule has 0 unspecified atom stereocenters. The minimum absolute atomic E-state index is 0.119. The van der Waals surface area contributed by atoms with E-state index in [0.29, 0.717) is 0 Å². The van der Waals surface area contributed by atoms with Crippen LogP contribution in [0.5, 0.6) is 0 Å². The second kappa shape index (κ2) is 13.4. The lowest BCUT2D eigenvalue weighted by Gasteiger charge is -2.19. The minimum Gasteiger partial charge on any atom is -0.444 e. The molecule has 12 heteroatoms. The second-order valence-electron chi connectivity index (χ2n) is 9.01. The summed E-state index contributed by atoms with van der Waals surface area (Å²) >= 11 is 0. The van der Waals surface area contributed by atoms with Crippen LogP contribution in [0, 0.1) is 0 Å². The van der Waals surface area contributed by atoms with Gasteiger partial charge in [0.25, 0.3) is 0 Å². The van der Waals surface area contributed by atoms with E-state index in [1.54, 1.807) is 41.5 Å². The predicted molar refractivity (Wildman–Crippen MR) is 122 cm³/mol. The van der Waals surface area contributed by atoms with Gasteiger partial charge in [0.15, 0.2) is 0 Å². The maximum atomic E-state index is 12.1. The molecule has 0 aliphatic carbocycles. The fourth-order valence-electron chi connectivity index (χ4n) is 2.18. The first-order valence-corrected chi connectivity index (χ1v) is 10.7. The Morgan fingerprint density at radius 1 is 0.676 bits per heavy atom. The van der Waals surface area contributed by atoms with Crippen LogP contribution in [0.2, 0.25) is 0 Å².